The number of carbonyl (C=O) groups is 2. The van der Waals surface area contributed by atoms with Crippen LogP contribution in [0, 0.1) is 5.92 Å². The van der Waals surface area contributed by atoms with E-state index in [0.29, 0.717) is 18.3 Å². The third-order valence-corrected chi connectivity index (χ3v) is 4.07. The Morgan fingerprint density at radius 3 is 2.84 bits per heavy atom. The molecule has 0 unspecified atom stereocenters. The Kier molecular flexibility index (Phi) is 5.08. The maximum absolute atomic E-state index is 12.2. The zero-order valence-electron chi connectivity index (χ0n) is 14.3. The molecule has 1 aliphatic heterocycles. The zero-order chi connectivity index (χ0) is 17.8. The van der Waals surface area contributed by atoms with Crippen molar-refractivity contribution in [2.75, 3.05) is 17.7 Å². The summed E-state index contributed by atoms with van der Waals surface area (Å²) in [5, 5.41) is 9.78. The maximum Gasteiger partial charge on any atom is 0.232 e. The monoisotopic (exact) mass is 343 g/mol. The van der Waals surface area contributed by atoms with Gasteiger partial charge in [-0.2, -0.15) is 10.1 Å². The molecular weight excluding hydrogens is 322 g/mol. The minimum atomic E-state index is -0.487. The highest BCUT2D eigenvalue weighted by Gasteiger charge is 2.30. The van der Waals surface area contributed by atoms with E-state index < -0.39 is 5.92 Å². The fourth-order valence-electron chi connectivity index (χ4n) is 2.72. The second kappa shape index (κ2) is 7.43. The van der Waals surface area contributed by atoms with Gasteiger partial charge < -0.3 is 10.1 Å². The van der Waals surface area contributed by atoms with Gasteiger partial charge in [-0.25, -0.2) is 4.68 Å². The molecule has 1 atom stereocenters. The van der Waals surface area contributed by atoms with Crippen LogP contribution in [0.3, 0.4) is 0 Å². The molecule has 2 amide bonds. The lowest BCUT2D eigenvalue weighted by molar-refractivity contribution is -0.125. The van der Waals surface area contributed by atoms with Crippen molar-refractivity contribution in [3.05, 3.63) is 35.7 Å². The molecule has 1 aliphatic rings. The van der Waals surface area contributed by atoms with Crippen LogP contribution in [0.5, 0.6) is 0 Å². The van der Waals surface area contributed by atoms with Crippen molar-refractivity contribution in [1.29, 1.82) is 0 Å². The second-order valence-electron chi connectivity index (χ2n) is 5.96. The van der Waals surface area contributed by atoms with Gasteiger partial charge in [0, 0.05) is 19.2 Å². The smallest absolute Gasteiger partial charge is 0.232 e. The first-order chi connectivity index (χ1) is 12.1. The lowest BCUT2D eigenvalue weighted by atomic mass is 10.0. The first-order valence-corrected chi connectivity index (χ1v) is 8.21. The van der Waals surface area contributed by atoms with E-state index in [1.807, 2.05) is 24.3 Å². The molecule has 0 aliphatic carbocycles. The number of aromatic nitrogens is 3. The van der Waals surface area contributed by atoms with Crippen LogP contribution in [0.2, 0.25) is 0 Å². The van der Waals surface area contributed by atoms with Crippen LogP contribution in [-0.4, -0.2) is 33.7 Å². The van der Waals surface area contributed by atoms with Gasteiger partial charge in [0.25, 0.3) is 0 Å². The number of anilines is 2. The maximum atomic E-state index is 12.2. The van der Waals surface area contributed by atoms with Gasteiger partial charge in [0.15, 0.2) is 5.82 Å². The number of carbonyl (C=O) groups excluding carboxylic acids is 2. The number of hydrogen-bond donors (Lipinski definition) is 2. The van der Waals surface area contributed by atoms with Gasteiger partial charge in [-0.3, -0.25) is 14.9 Å². The fraction of sp³-hybridized carbons (Fsp3) is 0.412. The Morgan fingerprint density at radius 1 is 1.40 bits per heavy atom. The van der Waals surface area contributed by atoms with Gasteiger partial charge in [-0.15, -0.1) is 0 Å². The number of fused-ring (bicyclic) bond motifs is 1. The molecule has 0 saturated carbocycles. The molecule has 2 heterocycles. The van der Waals surface area contributed by atoms with Crippen LogP contribution < -0.4 is 10.6 Å². The summed E-state index contributed by atoms with van der Waals surface area (Å²) in [5.41, 5.74) is 1.93. The van der Waals surface area contributed by atoms with Gasteiger partial charge >= 0.3 is 0 Å². The average molecular weight is 343 g/mol. The third kappa shape index (κ3) is 4.03. The summed E-state index contributed by atoms with van der Waals surface area (Å²) in [5.74, 6) is -0.0206. The Labute approximate surface area is 145 Å². The molecule has 1 aromatic carbocycles. The number of aryl methyl sites for hydroxylation is 1. The summed E-state index contributed by atoms with van der Waals surface area (Å²) < 4.78 is 6.59. The molecule has 0 saturated heterocycles. The number of nitrogens with one attached hydrogen (secondary N) is 2. The highest BCUT2D eigenvalue weighted by Crippen LogP contribution is 2.20. The number of hydrogen-bond acceptors (Lipinski definition) is 5. The molecule has 3 rings (SSSR count). The summed E-state index contributed by atoms with van der Waals surface area (Å²) in [7, 11) is 1.55. The highest BCUT2D eigenvalue weighted by molar-refractivity contribution is 5.98. The standard InChI is InChI=1S/C17H21N5O3/c1-3-11-4-6-13(7-5-11)18-15(23)8-12-9-22-17(20-16(12)24)19-14(21-22)10-25-2/h4-7,12H,3,8-10H2,1-2H3,(H,18,23)(H,19,20,21,24)/t12-/m1/s1. The SMILES string of the molecule is CCc1ccc(NC(=O)C[C@@H]2Cn3nc(COC)nc3NC2=O)cc1. The molecule has 8 nitrogen and oxygen atoms in total. The van der Waals surface area contributed by atoms with Gasteiger partial charge in [0.05, 0.1) is 12.5 Å². The third-order valence-electron chi connectivity index (χ3n) is 4.07. The number of methoxy groups -OCH3 is 1. The molecule has 1 aromatic heterocycles. The van der Waals surface area contributed by atoms with Crippen molar-refractivity contribution in [3.8, 4) is 0 Å². The topological polar surface area (TPSA) is 98.1 Å². The number of ether oxygens (including phenoxy) is 1. The van der Waals surface area contributed by atoms with Crippen molar-refractivity contribution in [1.82, 2.24) is 14.8 Å². The van der Waals surface area contributed by atoms with E-state index in [1.165, 1.54) is 5.56 Å². The second-order valence-corrected chi connectivity index (χ2v) is 5.96. The number of nitrogens with zero attached hydrogens (tertiary/aromatic N) is 3. The molecule has 0 radical (unpaired) electrons. The number of benzene rings is 1. The quantitative estimate of drug-likeness (QED) is 0.830. The predicted octanol–water partition coefficient (Wildman–Crippen LogP) is 1.58. The van der Waals surface area contributed by atoms with Crippen LogP contribution >= 0.6 is 0 Å². The van der Waals surface area contributed by atoms with E-state index in [4.69, 9.17) is 4.74 Å². The number of amides is 2. The van der Waals surface area contributed by atoms with Crippen molar-refractivity contribution in [2.45, 2.75) is 32.9 Å². The lowest BCUT2D eigenvalue weighted by Crippen LogP contribution is -2.36. The highest BCUT2D eigenvalue weighted by atomic mass is 16.5. The Morgan fingerprint density at radius 2 is 2.16 bits per heavy atom. The molecular formula is C17H21N5O3. The first-order valence-electron chi connectivity index (χ1n) is 8.21. The van der Waals surface area contributed by atoms with E-state index in [0.717, 1.165) is 12.1 Å². The summed E-state index contributed by atoms with van der Waals surface area (Å²) in [6, 6.07) is 7.68. The van der Waals surface area contributed by atoms with Crippen LogP contribution in [-0.2, 0) is 33.9 Å². The summed E-state index contributed by atoms with van der Waals surface area (Å²) in [6.45, 7) is 2.67. The average Bonchev–Trinajstić information content (AvgIpc) is 2.97. The van der Waals surface area contributed by atoms with Gasteiger partial charge in [0.1, 0.15) is 6.61 Å². The van der Waals surface area contributed by atoms with Crippen molar-refractivity contribution in [3.63, 3.8) is 0 Å². The van der Waals surface area contributed by atoms with Crippen molar-refractivity contribution >= 4 is 23.5 Å². The Hall–Kier alpha value is -2.74. The zero-order valence-corrected chi connectivity index (χ0v) is 14.3. The van der Waals surface area contributed by atoms with Crippen molar-refractivity contribution < 1.29 is 14.3 Å². The van der Waals surface area contributed by atoms with E-state index >= 15 is 0 Å². The van der Waals surface area contributed by atoms with Gasteiger partial charge in [-0.1, -0.05) is 19.1 Å². The van der Waals surface area contributed by atoms with Gasteiger partial charge in [-0.05, 0) is 24.1 Å². The molecule has 0 fully saturated rings. The van der Waals surface area contributed by atoms with Crippen molar-refractivity contribution in [2.24, 2.45) is 5.92 Å². The van der Waals surface area contributed by atoms with E-state index in [-0.39, 0.29) is 24.8 Å². The predicted molar refractivity (Wildman–Crippen MR) is 91.9 cm³/mol. The Balaban J connectivity index is 1.61. The van der Waals surface area contributed by atoms with Crippen LogP contribution in [0.15, 0.2) is 24.3 Å². The van der Waals surface area contributed by atoms with E-state index in [9.17, 15) is 9.59 Å². The summed E-state index contributed by atoms with van der Waals surface area (Å²) in [4.78, 5) is 28.6. The first kappa shape index (κ1) is 17.1. The number of rotatable bonds is 6. The molecule has 8 heteroatoms. The Bertz CT molecular complexity index is 769. The summed E-state index contributed by atoms with van der Waals surface area (Å²) >= 11 is 0. The molecule has 132 valence electrons. The molecule has 25 heavy (non-hydrogen) atoms. The van der Waals surface area contributed by atoms with Crippen LogP contribution in [0.25, 0.3) is 0 Å². The minimum absolute atomic E-state index is 0.0836. The normalized spacial score (nSPS) is 16.2. The van der Waals surface area contributed by atoms with Crippen LogP contribution in [0.4, 0.5) is 11.6 Å². The molecule has 2 aromatic rings. The summed E-state index contributed by atoms with van der Waals surface area (Å²) in [6.07, 6.45) is 1.03. The van der Waals surface area contributed by atoms with Crippen LogP contribution in [0.1, 0.15) is 24.7 Å². The molecule has 0 bridgehead atoms. The molecule has 2 N–H and O–H groups in total. The minimum Gasteiger partial charge on any atom is -0.377 e. The molecule has 0 spiro atoms. The largest absolute Gasteiger partial charge is 0.377 e. The van der Waals surface area contributed by atoms with Gasteiger partial charge in [0.2, 0.25) is 17.8 Å². The lowest BCUT2D eigenvalue weighted by Gasteiger charge is -2.21. The van der Waals surface area contributed by atoms with E-state index in [1.54, 1.807) is 11.8 Å². The fourth-order valence-corrected chi connectivity index (χ4v) is 2.72. The van der Waals surface area contributed by atoms with E-state index in [2.05, 4.69) is 27.6 Å².